The SMILES string of the molecule is NCc1ccc(SCCn2ccccc2=O)cc1. The molecule has 1 aromatic carbocycles. The van der Waals surface area contributed by atoms with E-state index < -0.39 is 0 Å². The molecule has 4 heteroatoms. The minimum atomic E-state index is 0.0524. The second-order valence-corrected chi connectivity index (χ2v) is 5.10. The number of rotatable bonds is 5. The van der Waals surface area contributed by atoms with Crippen LogP contribution in [0.4, 0.5) is 0 Å². The van der Waals surface area contributed by atoms with Crippen LogP contribution in [0.5, 0.6) is 0 Å². The number of aromatic nitrogens is 1. The Morgan fingerprint density at radius 2 is 1.89 bits per heavy atom. The van der Waals surface area contributed by atoms with E-state index in [9.17, 15) is 4.79 Å². The molecule has 0 bridgehead atoms. The van der Waals surface area contributed by atoms with Crippen LogP contribution in [0.15, 0.2) is 58.4 Å². The van der Waals surface area contributed by atoms with Crippen molar-refractivity contribution in [3.8, 4) is 0 Å². The summed E-state index contributed by atoms with van der Waals surface area (Å²) in [5, 5.41) is 0. The van der Waals surface area contributed by atoms with Gasteiger partial charge in [0.05, 0.1) is 0 Å². The highest BCUT2D eigenvalue weighted by Crippen LogP contribution is 2.18. The molecular weight excluding hydrogens is 244 g/mol. The third kappa shape index (κ3) is 3.48. The highest BCUT2D eigenvalue weighted by molar-refractivity contribution is 7.99. The van der Waals surface area contributed by atoms with Gasteiger partial charge in [-0.3, -0.25) is 4.79 Å². The summed E-state index contributed by atoms with van der Waals surface area (Å²) in [5.74, 6) is 0.881. The molecule has 1 aromatic heterocycles. The molecule has 1 heterocycles. The fourth-order valence-corrected chi connectivity index (χ4v) is 2.48. The normalized spacial score (nSPS) is 10.5. The van der Waals surface area contributed by atoms with Gasteiger partial charge in [0.15, 0.2) is 0 Å². The first-order chi connectivity index (χ1) is 8.79. The molecule has 2 rings (SSSR count). The maximum absolute atomic E-state index is 11.5. The van der Waals surface area contributed by atoms with E-state index in [2.05, 4.69) is 12.1 Å². The minimum absolute atomic E-state index is 0.0524. The van der Waals surface area contributed by atoms with Crippen molar-refractivity contribution in [3.63, 3.8) is 0 Å². The number of nitrogens with zero attached hydrogens (tertiary/aromatic N) is 1. The molecule has 0 fully saturated rings. The lowest BCUT2D eigenvalue weighted by Gasteiger charge is -2.05. The lowest BCUT2D eigenvalue weighted by atomic mass is 10.2. The molecular formula is C14H16N2OS. The van der Waals surface area contributed by atoms with Crippen LogP contribution in [-0.4, -0.2) is 10.3 Å². The van der Waals surface area contributed by atoms with Crippen molar-refractivity contribution in [1.29, 1.82) is 0 Å². The minimum Gasteiger partial charge on any atom is -0.326 e. The van der Waals surface area contributed by atoms with Gasteiger partial charge in [-0.05, 0) is 23.8 Å². The highest BCUT2D eigenvalue weighted by Gasteiger charge is 1.97. The molecule has 94 valence electrons. The van der Waals surface area contributed by atoms with Gasteiger partial charge < -0.3 is 10.3 Å². The average molecular weight is 260 g/mol. The van der Waals surface area contributed by atoms with Crippen LogP contribution in [0, 0.1) is 0 Å². The van der Waals surface area contributed by atoms with E-state index in [-0.39, 0.29) is 5.56 Å². The standard InChI is InChI=1S/C14H16N2OS/c15-11-12-4-6-13(7-5-12)18-10-9-16-8-2-1-3-14(16)17/h1-8H,9-11,15H2. The fraction of sp³-hybridized carbons (Fsp3) is 0.214. The molecule has 0 atom stereocenters. The van der Waals surface area contributed by atoms with Crippen molar-refractivity contribution < 1.29 is 0 Å². The Balaban J connectivity index is 1.88. The summed E-state index contributed by atoms with van der Waals surface area (Å²) in [6, 6.07) is 13.4. The highest BCUT2D eigenvalue weighted by atomic mass is 32.2. The number of pyridine rings is 1. The first kappa shape index (κ1) is 12.9. The predicted molar refractivity (Wildman–Crippen MR) is 75.8 cm³/mol. The number of aryl methyl sites for hydroxylation is 1. The quantitative estimate of drug-likeness (QED) is 0.838. The Kier molecular flexibility index (Phi) is 4.61. The summed E-state index contributed by atoms with van der Waals surface area (Å²) >= 11 is 1.74. The second-order valence-electron chi connectivity index (χ2n) is 3.93. The summed E-state index contributed by atoms with van der Waals surface area (Å²) in [6.07, 6.45) is 1.82. The molecule has 2 N–H and O–H groups in total. The van der Waals surface area contributed by atoms with Gasteiger partial charge in [-0.25, -0.2) is 0 Å². The Labute approximate surface area is 111 Å². The van der Waals surface area contributed by atoms with Crippen molar-refractivity contribution in [1.82, 2.24) is 4.57 Å². The Bertz CT molecular complexity index is 548. The molecule has 0 aliphatic carbocycles. The first-order valence-corrected chi connectivity index (χ1v) is 6.85. The van der Waals surface area contributed by atoms with Crippen LogP contribution in [0.1, 0.15) is 5.56 Å². The van der Waals surface area contributed by atoms with E-state index in [0.29, 0.717) is 6.54 Å². The third-order valence-corrected chi connectivity index (χ3v) is 3.65. The molecule has 18 heavy (non-hydrogen) atoms. The van der Waals surface area contributed by atoms with Crippen molar-refractivity contribution >= 4 is 11.8 Å². The number of nitrogens with two attached hydrogens (primary N) is 1. The topological polar surface area (TPSA) is 48.0 Å². The van der Waals surface area contributed by atoms with Crippen LogP contribution in [0.25, 0.3) is 0 Å². The molecule has 0 saturated heterocycles. The van der Waals surface area contributed by atoms with Crippen LogP contribution >= 0.6 is 11.8 Å². The summed E-state index contributed by atoms with van der Waals surface area (Å²) in [4.78, 5) is 12.7. The van der Waals surface area contributed by atoms with Gasteiger partial charge in [-0.15, -0.1) is 11.8 Å². The van der Waals surface area contributed by atoms with Gasteiger partial charge in [-0.1, -0.05) is 18.2 Å². The average Bonchev–Trinajstić information content (AvgIpc) is 2.42. The van der Waals surface area contributed by atoms with Crippen molar-refractivity contribution in [3.05, 3.63) is 64.6 Å². The zero-order chi connectivity index (χ0) is 12.8. The largest absolute Gasteiger partial charge is 0.326 e. The maximum Gasteiger partial charge on any atom is 0.250 e. The summed E-state index contributed by atoms with van der Waals surface area (Å²) in [6.45, 7) is 1.30. The molecule has 0 saturated carbocycles. The maximum atomic E-state index is 11.5. The molecule has 2 aromatic rings. The first-order valence-electron chi connectivity index (χ1n) is 5.87. The number of thioether (sulfide) groups is 1. The van der Waals surface area contributed by atoms with Crippen molar-refractivity contribution in [2.75, 3.05) is 5.75 Å². The van der Waals surface area contributed by atoms with E-state index in [1.54, 1.807) is 28.5 Å². The predicted octanol–water partition coefficient (Wildman–Crippen LogP) is 2.10. The van der Waals surface area contributed by atoms with Gasteiger partial charge in [0.2, 0.25) is 0 Å². The molecule has 0 unspecified atom stereocenters. The fourth-order valence-electron chi connectivity index (χ4n) is 1.63. The molecule has 0 aliphatic heterocycles. The zero-order valence-corrected chi connectivity index (χ0v) is 10.9. The smallest absolute Gasteiger partial charge is 0.250 e. The molecule has 0 radical (unpaired) electrons. The second kappa shape index (κ2) is 6.42. The number of hydrogen-bond acceptors (Lipinski definition) is 3. The molecule has 3 nitrogen and oxygen atoms in total. The Hall–Kier alpha value is -1.52. The van der Waals surface area contributed by atoms with E-state index in [1.165, 1.54) is 4.90 Å². The van der Waals surface area contributed by atoms with Gasteiger partial charge in [0.25, 0.3) is 5.56 Å². The van der Waals surface area contributed by atoms with Crippen LogP contribution in [-0.2, 0) is 13.1 Å². The van der Waals surface area contributed by atoms with Gasteiger partial charge in [0, 0.05) is 36.0 Å². The lowest BCUT2D eigenvalue weighted by Crippen LogP contribution is -2.18. The summed E-state index contributed by atoms with van der Waals surface area (Å²) < 4.78 is 1.72. The van der Waals surface area contributed by atoms with E-state index in [4.69, 9.17) is 5.73 Å². The van der Waals surface area contributed by atoms with Crippen LogP contribution in [0.3, 0.4) is 0 Å². The van der Waals surface area contributed by atoms with Crippen LogP contribution in [0.2, 0.25) is 0 Å². The van der Waals surface area contributed by atoms with Gasteiger partial charge in [0.1, 0.15) is 0 Å². The van der Waals surface area contributed by atoms with Crippen LogP contribution < -0.4 is 11.3 Å². The third-order valence-electron chi connectivity index (χ3n) is 2.66. The lowest BCUT2D eigenvalue weighted by molar-refractivity contribution is 0.735. The Morgan fingerprint density at radius 3 is 2.56 bits per heavy atom. The van der Waals surface area contributed by atoms with Gasteiger partial charge >= 0.3 is 0 Å². The van der Waals surface area contributed by atoms with Gasteiger partial charge in [-0.2, -0.15) is 0 Å². The molecule has 0 amide bonds. The van der Waals surface area contributed by atoms with Crippen molar-refractivity contribution in [2.24, 2.45) is 5.73 Å². The number of hydrogen-bond donors (Lipinski definition) is 1. The monoisotopic (exact) mass is 260 g/mol. The van der Waals surface area contributed by atoms with E-state index >= 15 is 0 Å². The number of benzene rings is 1. The summed E-state index contributed by atoms with van der Waals surface area (Å²) in [7, 11) is 0. The Morgan fingerprint density at radius 1 is 1.11 bits per heavy atom. The zero-order valence-electron chi connectivity index (χ0n) is 10.1. The van der Waals surface area contributed by atoms with E-state index in [1.807, 2.05) is 24.4 Å². The molecule has 0 spiro atoms. The summed E-state index contributed by atoms with van der Waals surface area (Å²) in [5.41, 5.74) is 6.74. The van der Waals surface area contributed by atoms with E-state index in [0.717, 1.165) is 17.9 Å². The molecule has 0 aliphatic rings. The van der Waals surface area contributed by atoms with Crippen molar-refractivity contribution in [2.45, 2.75) is 18.0 Å².